The second-order valence-corrected chi connectivity index (χ2v) is 4.70. The number of hydrogen-bond donors (Lipinski definition) is 0. The van der Waals surface area contributed by atoms with Gasteiger partial charge in [-0.15, -0.1) is 21.8 Å². The Kier molecular flexibility index (Phi) is 3.97. The van der Waals surface area contributed by atoms with Gasteiger partial charge in [0.05, 0.1) is 5.88 Å². The highest BCUT2D eigenvalue weighted by Gasteiger charge is 2.14. The molecule has 0 aliphatic heterocycles. The summed E-state index contributed by atoms with van der Waals surface area (Å²) in [7, 11) is 0. The van der Waals surface area contributed by atoms with E-state index in [2.05, 4.69) is 24.0 Å². The van der Waals surface area contributed by atoms with Gasteiger partial charge >= 0.3 is 0 Å². The third kappa shape index (κ3) is 2.70. The standard InChI is InChI=1S/C13H15ClFN3/c1-9(2)18-12(16-17-13(18)8-14)7-10-3-5-11(15)6-4-10/h3-6,9H,7-8H2,1-2H3. The fraction of sp³-hybridized carbons (Fsp3) is 0.385. The van der Waals surface area contributed by atoms with Gasteiger partial charge in [0.1, 0.15) is 17.5 Å². The van der Waals surface area contributed by atoms with Gasteiger partial charge < -0.3 is 4.57 Å². The summed E-state index contributed by atoms with van der Waals surface area (Å²) in [5.74, 6) is 1.73. The Hall–Kier alpha value is -1.42. The quantitative estimate of drug-likeness (QED) is 0.796. The van der Waals surface area contributed by atoms with Crippen LogP contribution in [-0.4, -0.2) is 14.8 Å². The van der Waals surface area contributed by atoms with E-state index in [0.717, 1.165) is 17.2 Å². The fourth-order valence-electron chi connectivity index (χ4n) is 1.95. The molecule has 0 aliphatic carbocycles. The minimum atomic E-state index is -0.231. The van der Waals surface area contributed by atoms with Crippen molar-refractivity contribution in [2.24, 2.45) is 0 Å². The molecule has 0 spiro atoms. The minimum Gasteiger partial charge on any atom is -0.311 e. The molecule has 0 radical (unpaired) electrons. The van der Waals surface area contributed by atoms with Crippen molar-refractivity contribution in [2.45, 2.75) is 32.2 Å². The van der Waals surface area contributed by atoms with Gasteiger partial charge in [0, 0.05) is 12.5 Å². The lowest BCUT2D eigenvalue weighted by Crippen LogP contribution is -2.10. The summed E-state index contributed by atoms with van der Waals surface area (Å²) in [6.07, 6.45) is 0.627. The zero-order chi connectivity index (χ0) is 13.1. The molecule has 5 heteroatoms. The van der Waals surface area contributed by atoms with Crippen LogP contribution in [0.4, 0.5) is 4.39 Å². The molecule has 1 aromatic carbocycles. The second kappa shape index (κ2) is 5.48. The summed E-state index contributed by atoms with van der Waals surface area (Å²) in [4.78, 5) is 0. The topological polar surface area (TPSA) is 30.7 Å². The van der Waals surface area contributed by atoms with Crippen LogP contribution in [0.25, 0.3) is 0 Å². The van der Waals surface area contributed by atoms with E-state index in [0.29, 0.717) is 12.3 Å². The van der Waals surface area contributed by atoms with E-state index in [1.807, 2.05) is 4.57 Å². The average molecular weight is 268 g/mol. The first-order valence-corrected chi connectivity index (χ1v) is 6.38. The maximum atomic E-state index is 12.8. The molecule has 0 amide bonds. The van der Waals surface area contributed by atoms with Crippen molar-refractivity contribution in [3.63, 3.8) is 0 Å². The first kappa shape index (κ1) is 13.0. The third-order valence-electron chi connectivity index (χ3n) is 2.75. The van der Waals surface area contributed by atoms with Crippen molar-refractivity contribution in [2.75, 3.05) is 0 Å². The maximum absolute atomic E-state index is 12.8. The van der Waals surface area contributed by atoms with Crippen LogP contribution < -0.4 is 0 Å². The molecule has 2 rings (SSSR count). The lowest BCUT2D eigenvalue weighted by Gasteiger charge is -2.12. The number of nitrogens with zero attached hydrogens (tertiary/aromatic N) is 3. The number of aromatic nitrogens is 3. The number of hydrogen-bond acceptors (Lipinski definition) is 2. The zero-order valence-corrected chi connectivity index (χ0v) is 11.2. The third-order valence-corrected chi connectivity index (χ3v) is 2.99. The van der Waals surface area contributed by atoms with Crippen LogP contribution in [0, 0.1) is 5.82 Å². The van der Waals surface area contributed by atoms with Crippen LogP contribution in [0.3, 0.4) is 0 Å². The lowest BCUT2D eigenvalue weighted by atomic mass is 10.1. The van der Waals surface area contributed by atoms with Gasteiger partial charge in [-0.2, -0.15) is 0 Å². The van der Waals surface area contributed by atoms with Gasteiger partial charge in [-0.25, -0.2) is 4.39 Å². The van der Waals surface area contributed by atoms with E-state index in [1.54, 1.807) is 12.1 Å². The SMILES string of the molecule is CC(C)n1c(CCl)nnc1Cc1ccc(F)cc1. The highest BCUT2D eigenvalue weighted by atomic mass is 35.5. The maximum Gasteiger partial charge on any atom is 0.148 e. The first-order chi connectivity index (χ1) is 8.61. The molecule has 1 heterocycles. The summed E-state index contributed by atoms with van der Waals surface area (Å²) in [6.45, 7) is 4.13. The molecule has 18 heavy (non-hydrogen) atoms. The van der Waals surface area contributed by atoms with Crippen LogP contribution in [0.15, 0.2) is 24.3 Å². The van der Waals surface area contributed by atoms with Crippen LogP contribution in [0.5, 0.6) is 0 Å². The minimum absolute atomic E-state index is 0.231. The number of halogens is 2. The molecule has 0 saturated carbocycles. The Morgan fingerprint density at radius 3 is 2.33 bits per heavy atom. The molecule has 0 N–H and O–H groups in total. The normalized spacial score (nSPS) is 11.2. The number of alkyl halides is 1. The molecular weight excluding hydrogens is 253 g/mol. The summed E-state index contributed by atoms with van der Waals surface area (Å²) in [5, 5.41) is 8.24. The van der Waals surface area contributed by atoms with E-state index in [9.17, 15) is 4.39 Å². The summed E-state index contributed by atoms with van der Waals surface area (Å²) in [6, 6.07) is 6.68. The zero-order valence-electron chi connectivity index (χ0n) is 10.4. The van der Waals surface area contributed by atoms with Crippen molar-refractivity contribution in [3.05, 3.63) is 47.3 Å². The van der Waals surface area contributed by atoms with Gasteiger partial charge in [-0.3, -0.25) is 0 Å². The van der Waals surface area contributed by atoms with Crippen molar-refractivity contribution in [1.82, 2.24) is 14.8 Å². The van der Waals surface area contributed by atoms with Crippen LogP contribution in [0.1, 0.15) is 37.1 Å². The van der Waals surface area contributed by atoms with Crippen molar-refractivity contribution < 1.29 is 4.39 Å². The first-order valence-electron chi connectivity index (χ1n) is 5.85. The number of benzene rings is 1. The van der Waals surface area contributed by atoms with Gasteiger partial charge in [0.15, 0.2) is 0 Å². The monoisotopic (exact) mass is 267 g/mol. The second-order valence-electron chi connectivity index (χ2n) is 4.43. The van der Waals surface area contributed by atoms with E-state index in [-0.39, 0.29) is 11.9 Å². The van der Waals surface area contributed by atoms with Crippen molar-refractivity contribution >= 4 is 11.6 Å². The van der Waals surface area contributed by atoms with Gasteiger partial charge in [0.25, 0.3) is 0 Å². The summed E-state index contributed by atoms with van der Waals surface area (Å²) in [5.41, 5.74) is 1.01. The molecule has 2 aromatic rings. The van der Waals surface area contributed by atoms with Crippen molar-refractivity contribution in [3.8, 4) is 0 Å². The molecular formula is C13H15ClFN3. The van der Waals surface area contributed by atoms with Crippen LogP contribution in [0.2, 0.25) is 0 Å². The predicted octanol–water partition coefficient (Wildman–Crippen LogP) is 3.33. The molecule has 0 unspecified atom stereocenters. The van der Waals surface area contributed by atoms with E-state index in [4.69, 9.17) is 11.6 Å². The number of rotatable bonds is 4. The molecule has 3 nitrogen and oxygen atoms in total. The Balaban J connectivity index is 2.28. The summed E-state index contributed by atoms with van der Waals surface area (Å²) >= 11 is 5.84. The molecule has 1 aromatic heterocycles. The van der Waals surface area contributed by atoms with Gasteiger partial charge in [0.2, 0.25) is 0 Å². The fourth-order valence-corrected chi connectivity index (χ4v) is 2.14. The Labute approximate surface area is 111 Å². The Morgan fingerprint density at radius 1 is 1.17 bits per heavy atom. The van der Waals surface area contributed by atoms with Gasteiger partial charge in [-0.1, -0.05) is 12.1 Å². The Bertz CT molecular complexity index is 520. The lowest BCUT2D eigenvalue weighted by molar-refractivity contribution is 0.557. The highest BCUT2D eigenvalue weighted by molar-refractivity contribution is 6.16. The molecule has 0 atom stereocenters. The van der Waals surface area contributed by atoms with E-state index < -0.39 is 0 Å². The van der Waals surface area contributed by atoms with E-state index >= 15 is 0 Å². The summed E-state index contributed by atoms with van der Waals surface area (Å²) < 4.78 is 14.9. The smallest absolute Gasteiger partial charge is 0.148 e. The van der Waals surface area contributed by atoms with Crippen LogP contribution >= 0.6 is 11.6 Å². The molecule has 0 saturated heterocycles. The van der Waals surface area contributed by atoms with Crippen LogP contribution in [-0.2, 0) is 12.3 Å². The van der Waals surface area contributed by atoms with Crippen molar-refractivity contribution in [1.29, 1.82) is 0 Å². The predicted molar refractivity (Wildman–Crippen MR) is 69.2 cm³/mol. The molecule has 0 bridgehead atoms. The molecule has 0 fully saturated rings. The molecule has 96 valence electrons. The van der Waals surface area contributed by atoms with E-state index in [1.165, 1.54) is 12.1 Å². The average Bonchev–Trinajstić information content (AvgIpc) is 2.75. The van der Waals surface area contributed by atoms with Gasteiger partial charge in [-0.05, 0) is 31.5 Å². The molecule has 0 aliphatic rings. The largest absolute Gasteiger partial charge is 0.311 e. The highest BCUT2D eigenvalue weighted by Crippen LogP contribution is 2.16. The Morgan fingerprint density at radius 2 is 1.78 bits per heavy atom.